The Bertz CT molecular complexity index is 1210. The summed E-state index contributed by atoms with van der Waals surface area (Å²) in [7, 11) is 1.68. The molecule has 32 heavy (non-hydrogen) atoms. The number of piperazine rings is 1. The van der Waals surface area contributed by atoms with Crippen LogP contribution in [0.25, 0.3) is 4.96 Å². The maximum absolute atomic E-state index is 11.0. The molecule has 0 spiro atoms. The lowest BCUT2D eigenvalue weighted by Crippen LogP contribution is -2.47. The second kappa shape index (κ2) is 8.61. The molecule has 1 fully saturated rings. The number of hydrogen-bond acceptors (Lipinski definition) is 7. The Morgan fingerprint density at radius 2 is 1.72 bits per heavy atom. The second-order valence-corrected chi connectivity index (χ2v) is 9.26. The van der Waals surface area contributed by atoms with Gasteiger partial charge in [0.2, 0.25) is 10.8 Å². The molecule has 1 N–H and O–H groups in total. The standard InChI is InChI=1S/C23H24ClN5O2S/c1-15-25-23-29(26-15)22(30)21(32-23)20(16-3-5-17(24)6-4-16)28-13-11-27(12-14-28)18-7-9-19(31-2)10-8-18/h3-10,20,30H,11-14H2,1-2H3. The van der Waals surface area contributed by atoms with Crippen LogP contribution in [-0.2, 0) is 0 Å². The van der Waals surface area contributed by atoms with Crippen LogP contribution in [0.2, 0.25) is 5.02 Å². The van der Waals surface area contributed by atoms with Gasteiger partial charge in [-0.3, -0.25) is 4.90 Å². The third-order valence-electron chi connectivity index (χ3n) is 5.86. The summed E-state index contributed by atoms with van der Waals surface area (Å²) in [5, 5.41) is 16.0. The highest BCUT2D eigenvalue weighted by Crippen LogP contribution is 2.40. The molecule has 1 aliphatic heterocycles. The van der Waals surface area contributed by atoms with Crippen molar-refractivity contribution in [2.75, 3.05) is 38.2 Å². The van der Waals surface area contributed by atoms with Crippen LogP contribution >= 0.6 is 22.9 Å². The molecular weight excluding hydrogens is 446 g/mol. The molecule has 2 aromatic carbocycles. The Kier molecular flexibility index (Phi) is 5.67. The number of aryl methyl sites for hydroxylation is 1. The average Bonchev–Trinajstić information content (AvgIpc) is 3.33. The van der Waals surface area contributed by atoms with E-state index >= 15 is 0 Å². The van der Waals surface area contributed by atoms with E-state index in [1.165, 1.54) is 21.5 Å². The van der Waals surface area contributed by atoms with Crippen LogP contribution < -0.4 is 9.64 Å². The van der Waals surface area contributed by atoms with Gasteiger partial charge < -0.3 is 14.7 Å². The van der Waals surface area contributed by atoms with Gasteiger partial charge in [-0.2, -0.15) is 4.52 Å². The predicted octanol–water partition coefficient (Wildman–Crippen LogP) is 4.38. The number of halogens is 1. The Balaban J connectivity index is 1.44. The van der Waals surface area contributed by atoms with Gasteiger partial charge in [0.15, 0.2) is 0 Å². The Morgan fingerprint density at radius 3 is 2.34 bits per heavy atom. The lowest BCUT2D eigenvalue weighted by Gasteiger charge is -2.40. The third kappa shape index (κ3) is 3.90. The van der Waals surface area contributed by atoms with Crippen LogP contribution in [0.1, 0.15) is 22.3 Å². The van der Waals surface area contributed by atoms with Gasteiger partial charge in [0, 0.05) is 36.9 Å². The highest BCUT2D eigenvalue weighted by Gasteiger charge is 2.31. The maximum Gasteiger partial charge on any atom is 0.230 e. The van der Waals surface area contributed by atoms with E-state index in [9.17, 15) is 5.11 Å². The maximum atomic E-state index is 11.0. The first kappa shape index (κ1) is 21.1. The van der Waals surface area contributed by atoms with Crippen LogP contribution in [0.5, 0.6) is 11.6 Å². The highest BCUT2D eigenvalue weighted by molar-refractivity contribution is 7.17. The molecule has 0 amide bonds. The van der Waals surface area contributed by atoms with Crippen LogP contribution in [-0.4, -0.2) is 57.9 Å². The second-order valence-electron chi connectivity index (χ2n) is 7.82. The zero-order chi connectivity index (χ0) is 22.2. The van der Waals surface area contributed by atoms with E-state index < -0.39 is 0 Å². The first-order valence-electron chi connectivity index (χ1n) is 10.5. The van der Waals surface area contributed by atoms with Crippen LogP contribution in [0.4, 0.5) is 5.69 Å². The molecule has 1 saturated heterocycles. The fourth-order valence-corrected chi connectivity index (χ4v) is 5.52. The molecule has 0 aliphatic carbocycles. The number of hydrogen-bond donors (Lipinski definition) is 1. The summed E-state index contributed by atoms with van der Waals surface area (Å²) in [4.78, 5) is 10.8. The summed E-state index contributed by atoms with van der Waals surface area (Å²) in [5.74, 6) is 1.66. The molecule has 9 heteroatoms. The van der Waals surface area contributed by atoms with Gasteiger partial charge in [-0.05, 0) is 48.9 Å². The van der Waals surface area contributed by atoms with Crippen molar-refractivity contribution in [1.82, 2.24) is 19.5 Å². The topological polar surface area (TPSA) is 66.1 Å². The number of fused-ring (bicyclic) bond motifs is 1. The molecule has 1 atom stereocenters. The van der Waals surface area contributed by atoms with E-state index in [0.29, 0.717) is 15.8 Å². The summed E-state index contributed by atoms with van der Waals surface area (Å²) >= 11 is 7.64. The zero-order valence-electron chi connectivity index (χ0n) is 17.9. The van der Waals surface area contributed by atoms with Crippen molar-refractivity contribution in [2.24, 2.45) is 0 Å². The number of thiazole rings is 1. The number of ether oxygens (including phenoxy) is 1. The Labute approximate surface area is 195 Å². The normalized spacial score (nSPS) is 15.9. The quantitative estimate of drug-likeness (QED) is 0.468. The van der Waals surface area contributed by atoms with Gasteiger partial charge >= 0.3 is 0 Å². The minimum absolute atomic E-state index is 0.0981. The number of methoxy groups -OCH3 is 1. The van der Waals surface area contributed by atoms with E-state index in [0.717, 1.165) is 42.4 Å². The average molecular weight is 470 g/mol. The largest absolute Gasteiger partial charge is 0.497 e. The minimum atomic E-state index is -0.0981. The van der Waals surface area contributed by atoms with Crippen LogP contribution in [0.3, 0.4) is 0 Å². The van der Waals surface area contributed by atoms with Gasteiger partial charge in [0.05, 0.1) is 18.0 Å². The molecule has 1 aliphatic rings. The molecule has 3 heterocycles. The molecule has 0 radical (unpaired) electrons. The van der Waals surface area contributed by atoms with Crippen LogP contribution in [0, 0.1) is 6.92 Å². The van der Waals surface area contributed by atoms with Crippen molar-refractivity contribution >= 4 is 33.6 Å². The monoisotopic (exact) mass is 469 g/mol. The van der Waals surface area contributed by atoms with Gasteiger partial charge in [-0.15, -0.1) is 5.10 Å². The molecule has 4 aromatic rings. The number of rotatable bonds is 5. The van der Waals surface area contributed by atoms with Crippen LogP contribution in [0.15, 0.2) is 48.5 Å². The first-order valence-corrected chi connectivity index (χ1v) is 11.7. The third-order valence-corrected chi connectivity index (χ3v) is 7.18. The van der Waals surface area contributed by atoms with Gasteiger partial charge in [-0.25, -0.2) is 4.98 Å². The van der Waals surface area contributed by atoms with E-state index in [4.69, 9.17) is 16.3 Å². The summed E-state index contributed by atoms with van der Waals surface area (Å²) in [6.07, 6.45) is 0. The molecule has 166 valence electrons. The summed E-state index contributed by atoms with van der Waals surface area (Å²) in [6.45, 7) is 5.30. The molecular formula is C23H24ClN5O2S. The highest BCUT2D eigenvalue weighted by atomic mass is 35.5. The number of aromatic hydroxyl groups is 1. The fourth-order valence-electron chi connectivity index (χ4n) is 4.23. The summed E-state index contributed by atoms with van der Waals surface area (Å²) in [6, 6.07) is 15.9. The molecule has 1 unspecified atom stereocenters. The first-order chi connectivity index (χ1) is 15.5. The molecule has 5 rings (SSSR count). The SMILES string of the molecule is COc1ccc(N2CCN(C(c3ccc(Cl)cc3)c3sc4nc(C)nn4c3O)CC2)cc1. The fraction of sp³-hybridized carbons (Fsp3) is 0.304. The Hall–Kier alpha value is -2.81. The number of anilines is 1. The van der Waals surface area contributed by atoms with Crippen molar-refractivity contribution in [2.45, 2.75) is 13.0 Å². The van der Waals surface area contributed by atoms with E-state index in [-0.39, 0.29) is 11.9 Å². The zero-order valence-corrected chi connectivity index (χ0v) is 19.5. The molecule has 2 aromatic heterocycles. The van der Waals surface area contributed by atoms with Crippen molar-refractivity contribution in [3.8, 4) is 11.6 Å². The molecule has 7 nitrogen and oxygen atoms in total. The summed E-state index contributed by atoms with van der Waals surface area (Å²) < 4.78 is 6.81. The number of nitrogens with zero attached hydrogens (tertiary/aromatic N) is 5. The van der Waals surface area contributed by atoms with Gasteiger partial charge in [0.1, 0.15) is 11.6 Å². The lowest BCUT2D eigenvalue weighted by atomic mass is 10.0. The Morgan fingerprint density at radius 1 is 1.03 bits per heavy atom. The van der Waals surface area contributed by atoms with Crippen molar-refractivity contribution in [3.63, 3.8) is 0 Å². The predicted molar refractivity (Wildman–Crippen MR) is 127 cm³/mol. The molecule has 0 saturated carbocycles. The van der Waals surface area contributed by atoms with E-state index in [1.807, 2.05) is 43.3 Å². The van der Waals surface area contributed by atoms with E-state index in [1.54, 1.807) is 7.11 Å². The lowest BCUT2D eigenvalue weighted by molar-refractivity contribution is 0.211. The van der Waals surface area contributed by atoms with Gasteiger partial charge in [0.25, 0.3) is 0 Å². The number of aromatic nitrogens is 3. The van der Waals surface area contributed by atoms with Crippen molar-refractivity contribution < 1.29 is 9.84 Å². The smallest absolute Gasteiger partial charge is 0.230 e. The summed E-state index contributed by atoms with van der Waals surface area (Å²) in [5.41, 5.74) is 2.27. The molecule has 0 bridgehead atoms. The van der Waals surface area contributed by atoms with Crippen molar-refractivity contribution in [1.29, 1.82) is 0 Å². The van der Waals surface area contributed by atoms with Crippen molar-refractivity contribution in [3.05, 3.63) is 69.8 Å². The number of benzene rings is 2. The van der Waals surface area contributed by atoms with Gasteiger partial charge in [-0.1, -0.05) is 35.1 Å². The minimum Gasteiger partial charge on any atom is -0.497 e. The van der Waals surface area contributed by atoms with E-state index in [2.05, 4.69) is 32.0 Å².